The molecular formula is C33H26Cl2S2SiZr. The van der Waals surface area contributed by atoms with Gasteiger partial charge in [0.2, 0.25) is 0 Å². The number of rotatable bonds is 1. The van der Waals surface area contributed by atoms with Crippen LogP contribution in [0.4, 0.5) is 0 Å². The van der Waals surface area contributed by atoms with E-state index in [0.29, 0.717) is 5.25 Å². The Morgan fingerprint density at radius 1 is 0.923 bits per heavy atom. The Balaban J connectivity index is 0.00000138. The number of thiophene rings is 1. The normalized spacial score (nSPS) is 20.8. The summed E-state index contributed by atoms with van der Waals surface area (Å²) in [6.45, 7) is 12.4. The van der Waals surface area contributed by atoms with Gasteiger partial charge in [-0.2, -0.15) is 0 Å². The van der Waals surface area contributed by atoms with Gasteiger partial charge in [-0.25, -0.2) is 0 Å². The average molecular weight is 677 g/mol. The fourth-order valence-corrected chi connectivity index (χ4v) is 16.1. The molecule has 1 atom stereocenters. The minimum absolute atomic E-state index is 0. The maximum absolute atomic E-state index is 2.62. The molecule has 4 aliphatic rings. The third-order valence-corrected chi connectivity index (χ3v) is 17.4. The van der Waals surface area contributed by atoms with Gasteiger partial charge in [0.05, 0.1) is 0 Å². The Morgan fingerprint density at radius 2 is 1.67 bits per heavy atom. The first-order chi connectivity index (χ1) is 17.8. The van der Waals surface area contributed by atoms with Gasteiger partial charge in [-0.15, -0.1) is 0 Å². The molecule has 2 aliphatic carbocycles. The van der Waals surface area contributed by atoms with Gasteiger partial charge >= 0.3 is 213 Å². The first-order valence-electron chi connectivity index (χ1n) is 13.0. The second-order valence-corrected chi connectivity index (χ2v) is 19.1. The van der Waals surface area contributed by atoms with Crippen LogP contribution in [0, 0.1) is 6.92 Å². The fraction of sp³-hybridized carbons (Fsp3) is 0.182. The summed E-state index contributed by atoms with van der Waals surface area (Å²) in [7, 11) is -1.85. The topological polar surface area (TPSA) is 0 Å². The third kappa shape index (κ3) is 3.49. The second-order valence-electron chi connectivity index (χ2n) is 11.3. The average Bonchev–Trinajstić information content (AvgIpc) is 3.57. The number of hydrogen-bond acceptors (Lipinski definition) is 2. The van der Waals surface area contributed by atoms with Crippen molar-refractivity contribution >= 4 is 66.9 Å². The van der Waals surface area contributed by atoms with Crippen molar-refractivity contribution < 1.29 is 49.0 Å². The summed E-state index contributed by atoms with van der Waals surface area (Å²) in [5.74, 6) is 0. The number of allylic oxidation sites excluding steroid dienone is 3. The summed E-state index contributed by atoms with van der Waals surface area (Å²) in [5, 5.41) is 8.56. The summed E-state index contributed by atoms with van der Waals surface area (Å²) in [4.78, 5) is 2.99. The smallest absolute Gasteiger partial charge is 1.00 e. The number of hydrogen-bond donors (Lipinski definition) is 0. The molecule has 6 heteroatoms. The van der Waals surface area contributed by atoms with Gasteiger partial charge < -0.3 is 24.8 Å². The van der Waals surface area contributed by atoms with Crippen molar-refractivity contribution in [2.75, 3.05) is 0 Å². The number of halogens is 2. The van der Waals surface area contributed by atoms with Crippen LogP contribution in [0.2, 0.25) is 13.1 Å². The van der Waals surface area contributed by atoms with Crippen LogP contribution >= 0.6 is 23.1 Å². The van der Waals surface area contributed by atoms with E-state index >= 15 is 0 Å². The fourth-order valence-electron chi connectivity index (χ4n) is 7.61. The van der Waals surface area contributed by atoms with Gasteiger partial charge in [-0.3, -0.25) is 0 Å². The molecule has 3 aromatic carbocycles. The number of fused-ring (bicyclic) bond motifs is 4. The largest absolute Gasteiger partial charge is 1.00 e. The van der Waals surface area contributed by atoms with Gasteiger partial charge in [0.15, 0.2) is 0 Å². The summed E-state index contributed by atoms with van der Waals surface area (Å²) in [6, 6.07) is 20.3. The second kappa shape index (κ2) is 9.38. The third-order valence-electron chi connectivity index (χ3n) is 8.97. The van der Waals surface area contributed by atoms with Gasteiger partial charge in [0, 0.05) is 0 Å². The van der Waals surface area contributed by atoms with Crippen molar-refractivity contribution in [1.29, 1.82) is 0 Å². The molecule has 8 rings (SSSR count). The van der Waals surface area contributed by atoms with Crippen molar-refractivity contribution in [3.8, 4) is 11.1 Å². The molecule has 0 amide bonds. The molecule has 2 aliphatic heterocycles. The minimum Gasteiger partial charge on any atom is -1.00 e. The van der Waals surface area contributed by atoms with E-state index in [1.165, 1.54) is 52.9 Å². The van der Waals surface area contributed by atoms with Gasteiger partial charge in [0.1, 0.15) is 0 Å². The van der Waals surface area contributed by atoms with Crippen molar-refractivity contribution in [3.05, 3.63) is 97.4 Å². The SMILES string of the molecule is CC1=Cc2c(sc3cccc(-c4ccccc4)c23)C1=c1cc2c3c(C)c1[Si](C)(C)C1=C(C)[C](=[Zr+2])C(S2)C=31.[Cl-].[Cl-]. The molecule has 0 saturated carbocycles. The molecule has 0 N–H and O–H groups in total. The van der Waals surface area contributed by atoms with Crippen molar-refractivity contribution in [2.45, 2.75) is 44.0 Å². The predicted molar refractivity (Wildman–Crippen MR) is 162 cm³/mol. The van der Waals surface area contributed by atoms with E-state index in [2.05, 4.69) is 106 Å². The molecule has 2 bridgehead atoms. The summed E-state index contributed by atoms with van der Waals surface area (Å²) >= 11 is 5.72. The quantitative estimate of drug-likeness (QED) is 0.267. The monoisotopic (exact) mass is 674 g/mol. The van der Waals surface area contributed by atoms with Crippen molar-refractivity contribution in [3.63, 3.8) is 0 Å². The summed E-state index contributed by atoms with van der Waals surface area (Å²) < 4.78 is 3.08. The van der Waals surface area contributed by atoms with Gasteiger partial charge in [-0.05, 0) is 0 Å². The Morgan fingerprint density at radius 3 is 2.41 bits per heavy atom. The Bertz CT molecular complexity index is 1980. The molecule has 4 aromatic rings. The van der Waals surface area contributed by atoms with Gasteiger partial charge in [-0.1, -0.05) is 30.3 Å². The Kier molecular flexibility index (Phi) is 6.71. The zero-order valence-electron chi connectivity index (χ0n) is 22.4. The van der Waals surface area contributed by atoms with Crippen LogP contribution in [0.5, 0.6) is 0 Å². The molecule has 39 heavy (non-hydrogen) atoms. The van der Waals surface area contributed by atoms with E-state index in [-0.39, 0.29) is 24.8 Å². The van der Waals surface area contributed by atoms with Crippen LogP contribution in [0.15, 0.2) is 75.8 Å². The van der Waals surface area contributed by atoms with E-state index in [0.717, 1.165) is 0 Å². The van der Waals surface area contributed by atoms with E-state index in [9.17, 15) is 0 Å². The summed E-state index contributed by atoms with van der Waals surface area (Å²) in [6.07, 6.45) is 2.48. The van der Waals surface area contributed by atoms with Crippen LogP contribution in [0.1, 0.15) is 29.9 Å². The number of benzene rings is 3. The predicted octanol–water partition coefficient (Wildman–Crippen LogP) is 0.643. The molecular weight excluding hydrogens is 651 g/mol. The van der Waals surface area contributed by atoms with Crippen LogP contribution in [0.25, 0.3) is 38.4 Å². The molecule has 0 spiro atoms. The molecule has 1 aromatic heterocycles. The zero-order chi connectivity index (χ0) is 25.4. The van der Waals surface area contributed by atoms with E-state index < -0.39 is 8.07 Å². The van der Waals surface area contributed by atoms with Crippen molar-refractivity contribution in [2.24, 2.45) is 0 Å². The van der Waals surface area contributed by atoms with Crippen LogP contribution in [-0.2, 0) is 24.2 Å². The van der Waals surface area contributed by atoms with E-state index in [4.69, 9.17) is 0 Å². The number of thioether (sulfide) groups is 1. The molecule has 0 saturated heterocycles. The molecule has 0 nitrogen and oxygen atoms in total. The maximum atomic E-state index is 2.62. The first kappa shape index (κ1) is 27.9. The molecule has 0 radical (unpaired) electrons. The van der Waals surface area contributed by atoms with E-state index in [1.807, 2.05) is 11.3 Å². The van der Waals surface area contributed by atoms with E-state index in [1.54, 1.807) is 59.8 Å². The van der Waals surface area contributed by atoms with Gasteiger partial charge in [0.25, 0.3) is 0 Å². The summed E-state index contributed by atoms with van der Waals surface area (Å²) in [5.41, 5.74) is 11.9. The Labute approximate surface area is 266 Å². The molecule has 1 unspecified atom stereocenters. The zero-order valence-corrected chi connectivity index (χ0v) is 29.0. The van der Waals surface area contributed by atoms with Crippen LogP contribution in [0.3, 0.4) is 0 Å². The Hall–Kier alpha value is -1.26. The molecule has 192 valence electrons. The molecule has 3 heterocycles. The van der Waals surface area contributed by atoms with Crippen LogP contribution < -0.4 is 40.4 Å². The first-order valence-corrected chi connectivity index (χ1v) is 18.9. The standard InChI is InChI=1S/C33H26S2Si.2ClH.Zr/c1-17-14-22-29-21(20-10-7-6-8-11-20)12-9-13-24(29)35-31(22)27(17)23-16-26-28-19(3)33(23)36(4,5)32-18(2)15-25(34-26)30(28)32;;;/h6-14,16,25H,1-5H3;2*1H;/q;;;+2/p-2. The van der Waals surface area contributed by atoms with Crippen molar-refractivity contribution in [1.82, 2.24) is 0 Å². The van der Waals surface area contributed by atoms with Crippen LogP contribution in [-0.4, -0.2) is 16.5 Å². The molecule has 0 fully saturated rings. The maximum Gasteiger partial charge on any atom is -1.00 e. The minimum atomic E-state index is -1.85.